The molecule has 7 nitrogen and oxygen atoms in total. The van der Waals surface area contributed by atoms with Crippen LogP contribution >= 0.6 is 0 Å². The largest absolute Gasteiger partial charge is 0.373 e. The lowest BCUT2D eigenvalue weighted by atomic mass is 9.87. The summed E-state index contributed by atoms with van der Waals surface area (Å²) in [6.45, 7) is 3.09. The zero-order valence-corrected chi connectivity index (χ0v) is 17.2. The molecule has 0 aliphatic carbocycles. The third-order valence-electron chi connectivity index (χ3n) is 5.91. The standard InChI is InChI=1S/C23H24FN3O4/c1-23(9-2-10-31-23)14-26-22(28)12-18(15-3-5-16(24)6-4-15)20-13-25-21-8-7-17(27(29)30)11-19(20)21/h3-8,11,13,18,25H,2,9-10,12,14H2,1H3,(H,26,28)/t18-,23-/m1/s1. The van der Waals surface area contributed by atoms with Crippen LogP contribution in [0.5, 0.6) is 0 Å². The number of H-pyrrole nitrogens is 1. The van der Waals surface area contributed by atoms with Crippen LogP contribution in [-0.2, 0) is 9.53 Å². The Morgan fingerprint density at radius 2 is 2.10 bits per heavy atom. The number of benzene rings is 2. The van der Waals surface area contributed by atoms with Gasteiger partial charge < -0.3 is 15.0 Å². The van der Waals surface area contributed by atoms with Gasteiger partial charge in [-0.3, -0.25) is 14.9 Å². The molecule has 0 saturated carbocycles. The maximum Gasteiger partial charge on any atom is 0.270 e. The normalized spacial score (nSPS) is 19.4. The number of aromatic amines is 1. The topological polar surface area (TPSA) is 97.3 Å². The van der Waals surface area contributed by atoms with Crippen molar-refractivity contribution < 1.29 is 18.8 Å². The van der Waals surface area contributed by atoms with E-state index in [0.29, 0.717) is 18.5 Å². The highest BCUT2D eigenvalue weighted by Gasteiger charge is 2.31. The van der Waals surface area contributed by atoms with E-state index >= 15 is 0 Å². The SMILES string of the molecule is C[C@]1(CNC(=O)C[C@H](c2ccc(F)cc2)c2c[nH]c3ccc([N+](=O)[O-])cc23)CCCO1. The molecule has 0 spiro atoms. The molecule has 162 valence electrons. The van der Waals surface area contributed by atoms with E-state index in [0.717, 1.165) is 29.5 Å². The molecule has 2 heterocycles. The molecule has 3 aromatic rings. The second-order valence-corrected chi connectivity index (χ2v) is 8.22. The van der Waals surface area contributed by atoms with Crippen molar-refractivity contribution in [1.29, 1.82) is 0 Å². The summed E-state index contributed by atoms with van der Waals surface area (Å²) in [6.07, 6.45) is 3.74. The molecular formula is C23H24FN3O4. The van der Waals surface area contributed by atoms with E-state index in [-0.39, 0.29) is 29.4 Å². The quantitative estimate of drug-likeness (QED) is 0.432. The maximum absolute atomic E-state index is 13.5. The minimum Gasteiger partial charge on any atom is -0.373 e. The van der Waals surface area contributed by atoms with E-state index in [4.69, 9.17) is 4.74 Å². The van der Waals surface area contributed by atoms with E-state index < -0.39 is 10.8 Å². The average Bonchev–Trinajstić information content (AvgIpc) is 3.37. The van der Waals surface area contributed by atoms with Gasteiger partial charge in [-0.05, 0) is 49.1 Å². The van der Waals surface area contributed by atoms with Gasteiger partial charge in [0.25, 0.3) is 5.69 Å². The molecule has 8 heteroatoms. The Kier molecular flexibility index (Phi) is 5.73. The Balaban J connectivity index is 1.64. The predicted octanol–water partition coefficient (Wildman–Crippen LogP) is 4.42. The van der Waals surface area contributed by atoms with E-state index in [1.165, 1.54) is 24.3 Å². The van der Waals surface area contributed by atoms with Gasteiger partial charge in [0.1, 0.15) is 5.82 Å². The van der Waals surface area contributed by atoms with E-state index in [1.807, 2.05) is 6.92 Å². The number of non-ortho nitro benzene ring substituents is 1. The average molecular weight is 425 g/mol. The number of carbonyl (C=O) groups excluding carboxylic acids is 1. The summed E-state index contributed by atoms with van der Waals surface area (Å²) in [7, 11) is 0. The van der Waals surface area contributed by atoms with Crippen molar-refractivity contribution in [3.8, 4) is 0 Å². The van der Waals surface area contributed by atoms with Crippen molar-refractivity contribution in [3.05, 3.63) is 75.7 Å². The van der Waals surface area contributed by atoms with Gasteiger partial charge in [-0.1, -0.05) is 12.1 Å². The van der Waals surface area contributed by atoms with Crippen molar-refractivity contribution in [2.45, 2.75) is 37.7 Å². The van der Waals surface area contributed by atoms with Crippen LogP contribution in [0, 0.1) is 15.9 Å². The van der Waals surface area contributed by atoms with Gasteiger partial charge in [-0.25, -0.2) is 4.39 Å². The first-order valence-corrected chi connectivity index (χ1v) is 10.3. The number of aromatic nitrogens is 1. The molecule has 31 heavy (non-hydrogen) atoms. The third-order valence-corrected chi connectivity index (χ3v) is 5.91. The number of nitro groups is 1. The van der Waals surface area contributed by atoms with Crippen molar-refractivity contribution in [3.63, 3.8) is 0 Å². The maximum atomic E-state index is 13.5. The lowest BCUT2D eigenvalue weighted by molar-refractivity contribution is -0.384. The minimum atomic E-state index is -0.446. The Labute approximate surface area is 178 Å². The van der Waals surface area contributed by atoms with Gasteiger partial charge in [-0.2, -0.15) is 0 Å². The smallest absolute Gasteiger partial charge is 0.270 e. The van der Waals surface area contributed by atoms with Gasteiger partial charge in [0, 0.05) is 54.7 Å². The number of carbonyl (C=O) groups is 1. The number of amides is 1. The second-order valence-electron chi connectivity index (χ2n) is 8.22. The summed E-state index contributed by atoms with van der Waals surface area (Å²) >= 11 is 0. The third kappa shape index (κ3) is 4.59. The minimum absolute atomic E-state index is 0.0260. The highest BCUT2D eigenvalue weighted by molar-refractivity contribution is 5.87. The highest BCUT2D eigenvalue weighted by Crippen LogP contribution is 2.35. The van der Waals surface area contributed by atoms with Crippen molar-refractivity contribution in [2.24, 2.45) is 0 Å². The number of nitro benzene ring substituents is 1. The molecule has 0 unspecified atom stereocenters. The number of fused-ring (bicyclic) bond motifs is 1. The van der Waals surface area contributed by atoms with Gasteiger partial charge in [-0.15, -0.1) is 0 Å². The zero-order chi connectivity index (χ0) is 22.0. The fraction of sp³-hybridized carbons (Fsp3) is 0.348. The molecular weight excluding hydrogens is 401 g/mol. The summed E-state index contributed by atoms with van der Waals surface area (Å²) in [5.41, 5.74) is 1.86. The van der Waals surface area contributed by atoms with Crippen molar-refractivity contribution >= 4 is 22.5 Å². The van der Waals surface area contributed by atoms with Crippen LogP contribution in [0.4, 0.5) is 10.1 Å². The van der Waals surface area contributed by atoms with E-state index in [1.54, 1.807) is 24.4 Å². The lowest BCUT2D eigenvalue weighted by Crippen LogP contribution is -2.40. The molecule has 2 aromatic carbocycles. The Hall–Kier alpha value is -3.26. The number of rotatable bonds is 7. The Morgan fingerprint density at radius 1 is 1.32 bits per heavy atom. The first-order chi connectivity index (χ1) is 14.8. The zero-order valence-electron chi connectivity index (χ0n) is 17.2. The first-order valence-electron chi connectivity index (χ1n) is 10.3. The molecule has 1 saturated heterocycles. The predicted molar refractivity (Wildman–Crippen MR) is 114 cm³/mol. The van der Waals surface area contributed by atoms with Crippen LogP contribution in [-0.4, -0.2) is 34.6 Å². The molecule has 1 aromatic heterocycles. The molecule has 4 rings (SSSR count). The Morgan fingerprint density at radius 3 is 2.77 bits per heavy atom. The van der Waals surface area contributed by atoms with Gasteiger partial charge in [0.2, 0.25) is 5.91 Å². The van der Waals surface area contributed by atoms with Crippen LogP contribution in [0.1, 0.15) is 43.2 Å². The van der Waals surface area contributed by atoms with Gasteiger partial charge >= 0.3 is 0 Å². The van der Waals surface area contributed by atoms with Crippen molar-refractivity contribution in [1.82, 2.24) is 10.3 Å². The van der Waals surface area contributed by atoms with Gasteiger partial charge in [0.15, 0.2) is 0 Å². The summed E-state index contributed by atoms with van der Waals surface area (Å²) < 4.78 is 19.2. The van der Waals surface area contributed by atoms with E-state index in [2.05, 4.69) is 10.3 Å². The number of nitrogens with one attached hydrogen (secondary N) is 2. The number of ether oxygens (including phenoxy) is 1. The fourth-order valence-corrected chi connectivity index (χ4v) is 4.15. The molecule has 2 N–H and O–H groups in total. The van der Waals surface area contributed by atoms with Crippen LogP contribution in [0.3, 0.4) is 0 Å². The summed E-state index contributed by atoms with van der Waals surface area (Å²) in [5, 5.41) is 14.9. The molecule has 2 atom stereocenters. The number of hydrogen-bond donors (Lipinski definition) is 2. The molecule has 0 radical (unpaired) electrons. The molecule has 0 bridgehead atoms. The van der Waals surface area contributed by atoms with Crippen LogP contribution < -0.4 is 5.32 Å². The monoisotopic (exact) mass is 425 g/mol. The van der Waals surface area contributed by atoms with Crippen molar-refractivity contribution in [2.75, 3.05) is 13.2 Å². The van der Waals surface area contributed by atoms with Crippen LogP contribution in [0.15, 0.2) is 48.7 Å². The highest BCUT2D eigenvalue weighted by atomic mass is 19.1. The Bertz CT molecular complexity index is 1100. The first kappa shape index (κ1) is 21.0. The van der Waals surface area contributed by atoms with Crippen LogP contribution in [0.25, 0.3) is 10.9 Å². The molecule has 1 amide bonds. The molecule has 1 aliphatic rings. The second kappa shape index (κ2) is 8.47. The molecule has 1 fully saturated rings. The fourth-order valence-electron chi connectivity index (χ4n) is 4.15. The summed E-state index contributed by atoms with van der Waals surface area (Å²) in [4.78, 5) is 26.8. The van der Waals surface area contributed by atoms with Gasteiger partial charge in [0.05, 0.1) is 10.5 Å². The lowest BCUT2D eigenvalue weighted by Gasteiger charge is -2.24. The summed E-state index contributed by atoms with van der Waals surface area (Å²) in [6, 6.07) is 10.6. The number of nitrogens with zero attached hydrogens (tertiary/aromatic N) is 1. The molecule has 1 aliphatic heterocycles. The number of halogens is 1. The number of hydrogen-bond acceptors (Lipinski definition) is 4. The van der Waals surface area contributed by atoms with Crippen LogP contribution in [0.2, 0.25) is 0 Å². The summed E-state index contributed by atoms with van der Waals surface area (Å²) in [5.74, 6) is -0.924. The van der Waals surface area contributed by atoms with E-state index in [9.17, 15) is 19.3 Å².